The van der Waals surface area contributed by atoms with Crippen molar-refractivity contribution in [3.63, 3.8) is 0 Å². The minimum Gasteiger partial charge on any atom is -0.342 e. The number of piperidine rings is 1. The van der Waals surface area contributed by atoms with E-state index in [4.69, 9.17) is 0 Å². The van der Waals surface area contributed by atoms with Crippen molar-refractivity contribution in [3.8, 4) is 0 Å². The number of carbonyl (C=O) groups excluding carboxylic acids is 1. The van der Waals surface area contributed by atoms with E-state index in [2.05, 4.69) is 10.2 Å². The summed E-state index contributed by atoms with van der Waals surface area (Å²) in [4.78, 5) is 14.3. The van der Waals surface area contributed by atoms with E-state index < -0.39 is 0 Å². The van der Waals surface area contributed by atoms with Gasteiger partial charge >= 0.3 is 0 Å². The van der Waals surface area contributed by atoms with E-state index in [1.54, 1.807) is 0 Å². The number of hydrogen-bond donors (Lipinski definition) is 1. The van der Waals surface area contributed by atoms with Gasteiger partial charge in [-0.25, -0.2) is 0 Å². The lowest BCUT2D eigenvalue weighted by atomic mass is 9.78. The van der Waals surface area contributed by atoms with Crippen molar-refractivity contribution in [2.75, 3.05) is 26.2 Å². The molecular weight excluding hydrogens is 212 g/mol. The molecule has 2 saturated heterocycles. The Morgan fingerprint density at radius 1 is 1.24 bits per heavy atom. The third kappa shape index (κ3) is 2.35. The van der Waals surface area contributed by atoms with Crippen LogP contribution in [0.15, 0.2) is 0 Å². The van der Waals surface area contributed by atoms with Gasteiger partial charge in [-0.2, -0.15) is 0 Å². The molecule has 3 aliphatic rings. The topological polar surface area (TPSA) is 32.3 Å². The molecule has 96 valence electrons. The fourth-order valence-electron chi connectivity index (χ4n) is 3.94. The maximum Gasteiger partial charge on any atom is 0.223 e. The smallest absolute Gasteiger partial charge is 0.223 e. The number of likely N-dealkylation sites (tertiary alicyclic amines) is 1. The summed E-state index contributed by atoms with van der Waals surface area (Å²) in [7, 11) is 0. The maximum atomic E-state index is 12.1. The van der Waals surface area contributed by atoms with Gasteiger partial charge in [0.2, 0.25) is 5.91 Å². The third-order valence-electron chi connectivity index (χ3n) is 5.02. The molecule has 0 unspecified atom stereocenters. The Balaban J connectivity index is 1.60. The molecule has 3 nitrogen and oxygen atoms in total. The van der Waals surface area contributed by atoms with Crippen LogP contribution in [0.5, 0.6) is 0 Å². The standard InChI is InChI=1S/C14H24N2O/c17-13-9-14(5-7-15-8-6-14)11-16(13)10-12-3-1-2-4-12/h12,15H,1-11H2. The summed E-state index contributed by atoms with van der Waals surface area (Å²) in [6.45, 7) is 4.30. The van der Waals surface area contributed by atoms with Crippen LogP contribution < -0.4 is 5.32 Å². The minimum atomic E-state index is 0.334. The number of carbonyl (C=O) groups is 1. The lowest BCUT2D eigenvalue weighted by Crippen LogP contribution is -2.39. The van der Waals surface area contributed by atoms with E-state index in [0.29, 0.717) is 11.3 Å². The van der Waals surface area contributed by atoms with Crippen molar-refractivity contribution in [2.24, 2.45) is 11.3 Å². The van der Waals surface area contributed by atoms with E-state index in [1.165, 1.54) is 38.5 Å². The Labute approximate surface area is 104 Å². The molecule has 0 bridgehead atoms. The fourth-order valence-corrected chi connectivity index (χ4v) is 3.94. The van der Waals surface area contributed by atoms with Crippen LogP contribution >= 0.6 is 0 Å². The molecule has 3 fully saturated rings. The number of rotatable bonds is 2. The minimum absolute atomic E-state index is 0.334. The Bertz CT molecular complexity index is 291. The summed E-state index contributed by atoms with van der Waals surface area (Å²) >= 11 is 0. The van der Waals surface area contributed by atoms with Crippen molar-refractivity contribution in [2.45, 2.75) is 44.9 Å². The second kappa shape index (κ2) is 4.60. The Hall–Kier alpha value is -0.570. The fraction of sp³-hybridized carbons (Fsp3) is 0.929. The van der Waals surface area contributed by atoms with Gasteiger partial charge in [0.1, 0.15) is 0 Å². The normalized spacial score (nSPS) is 29.4. The molecule has 1 N–H and O–H groups in total. The Kier molecular flexibility index (Phi) is 3.12. The quantitative estimate of drug-likeness (QED) is 0.792. The molecule has 1 saturated carbocycles. The zero-order valence-electron chi connectivity index (χ0n) is 10.7. The predicted molar refractivity (Wildman–Crippen MR) is 67.7 cm³/mol. The largest absolute Gasteiger partial charge is 0.342 e. The van der Waals surface area contributed by atoms with Crippen molar-refractivity contribution in [3.05, 3.63) is 0 Å². The van der Waals surface area contributed by atoms with Crippen LogP contribution in [0.1, 0.15) is 44.9 Å². The highest BCUT2D eigenvalue weighted by Crippen LogP contribution is 2.40. The van der Waals surface area contributed by atoms with Crippen molar-refractivity contribution < 1.29 is 4.79 Å². The van der Waals surface area contributed by atoms with Crippen LogP contribution in [-0.4, -0.2) is 37.0 Å². The van der Waals surface area contributed by atoms with E-state index >= 15 is 0 Å². The predicted octanol–water partition coefficient (Wildman–Crippen LogP) is 1.78. The lowest BCUT2D eigenvalue weighted by Gasteiger charge is -2.33. The molecular formula is C14H24N2O. The third-order valence-corrected chi connectivity index (χ3v) is 5.02. The second-order valence-corrected chi connectivity index (χ2v) is 6.35. The van der Waals surface area contributed by atoms with Crippen LogP contribution in [0.2, 0.25) is 0 Å². The molecule has 0 aromatic rings. The molecule has 0 aromatic heterocycles. The molecule has 1 spiro atoms. The average molecular weight is 236 g/mol. The molecule has 2 heterocycles. The van der Waals surface area contributed by atoms with Gasteiger partial charge in [-0.05, 0) is 50.1 Å². The Morgan fingerprint density at radius 2 is 1.94 bits per heavy atom. The van der Waals surface area contributed by atoms with Crippen LogP contribution in [0.25, 0.3) is 0 Å². The molecule has 0 atom stereocenters. The van der Waals surface area contributed by atoms with E-state index in [9.17, 15) is 4.79 Å². The number of nitrogens with one attached hydrogen (secondary N) is 1. The van der Waals surface area contributed by atoms with Gasteiger partial charge in [0, 0.05) is 19.5 Å². The van der Waals surface area contributed by atoms with Gasteiger partial charge < -0.3 is 10.2 Å². The zero-order chi connectivity index (χ0) is 11.7. The molecule has 1 aliphatic carbocycles. The molecule has 3 heteroatoms. The van der Waals surface area contributed by atoms with Crippen LogP contribution in [0, 0.1) is 11.3 Å². The first-order chi connectivity index (χ1) is 8.27. The number of nitrogens with zero attached hydrogens (tertiary/aromatic N) is 1. The van der Waals surface area contributed by atoms with Crippen molar-refractivity contribution >= 4 is 5.91 Å². The molecule has 17 heavy (non-hydrogen) atoms. The number of amides is 1. The first-order valence-electron chi connectivity index (χ1n) is 7.26. The second-order valence-electron chi connectivity index (χ2n) is 6.35. The van der Waals surface area contributed by atoms with Gasteiger partial charge in [0.25, 0.3) is 0 Å². The maximum absolute atomic E-state index is 12.1. The summed E-state index contributed by atoms with van der Waals surface area (Å²) in [5.74, 6) is 1.23. The van der Waals surface area contributed by atoms with E-state index in [-0.39, 0.29) is 0 Å². The first kappa shape index (κ1) is 11.5. The average Bonchev–Trinajstić information content (AvgIpc) is 2.91. The number of hydrogen-bond acceptors (Lipinski definition) is 2. The molecule has 1 amide bonds. The van der Waals surface area contributed by atoms with Crippen molar-refractivity contribution in [1.82, 2.24) is 10.2 Å². The van der Waals surface area contributed by atoms with Gasteiger partial charge in [-0.3, -0.25) is 4.79 Å². The van der Waals surface area contributed by atoms with Crippen LogP contribution in [0.3, 0.4) is 0 Å². The van der Waals surface area contributed by atoms with Gasteiger partial charge in [-0.1, -0.05) is 12.8 Å². The van der Waals surface area contributed by atoms with E-state index in [0.717, 1.165) is 38.5 Å². The van der Waals surface area contributed by atoms with Crippen molar-refractivity contribution in [1.29, 1.82) is 0 Å². The summed E-state index contributed by atoms with van der Waals surface area (Å²) in [5, 5.41) is 3.41. The van der Waals surface area contributed by atoms with Crippen LogP contribution in [-0.2, 0) is 4.79 Å². The van der Waals surface area contributed by atoms with Gasteiger partial charge in [0.05, 0.1) is 0 Å². The monoisotopic (exact) mass is 236 g/mol. The molecule has 0 aromatic carbocycles. The summed E-state index contributed by atoms with van der Waals surface area (Å²) < 4.78 is 0. The van der Waals surface area contributed by atoms with Gasteiger partial charge in [0.15, 0.2) is 0 Å². The lowest BCUT2D eigenvalue weighted by molar-refractivity contribution is -0.128. The summed E-state index contributed by atoms with van der Waals surface area (Å²) in [5.41, 5.74) is 0.334. The highest BCUT2D eigenvalue weighted by Gasteiger charge is 2.43. The van der Waals surface area contributed by atoms with Gasteiger partial charge in [-0.15, -0.1) is 0 Å². The van der Waals surface area contributed by atoms with Crippen LogP contribution in [0.4, 0.5) is 0 Å². The summed E-state index contributed by atoms with van der Waals surface area (Å²) in [6, 6.07) is 0. The van der Waals surface area contributed by atoms with E-state index in [1.807, 2.05) is 0 Å². The zero-order valence-corrected chi connectivity index (χ0v) is 10.7. The first-order valence-corrected chi connectivity index (χ1v) is 7.26. The molecule has 0 radical (unpaired) electrons. The molecule has 3 rings (SSSR count). The Morgan fingerprint density at radius 3 is 2.65 bits per heavy atom. The summed E-state index contributed by atoms with van der Waals surface area (Å²) in [6.07, 6.45) is 8.65. The highest BCUT2D eigenvalue weighted by molar-refractivity contribution is 5.79. The highest BCUT2D eigenvalue weighted by atomic mass is 16.2. The SMILES string of the molecule is O=C1CC2(CCNCC2)CN1CC1CCCC1. The molecule has 2 aliphatic heterocycles.